The smallest absolute Gasteiger partial charge is 0.266 e. The summed E-state index contributed by atoms with van der Waals surface area (Å²) in [7, 11) is 0. The average molecular weight is 407 g/mol. The Morgan fingerprint density at radius 1 is 1.14 bits per heavy atom. The van der Waals surface area contributed by atoms with Crippen molar-refractivity contribution in [3.8, 4) is 0 Å². The van der Waals surface area contributed by atoms with E-state index >= 15 is 0 Å². The molecular formula is C23H26N4OS. The molecule has 1 amide bonds. The van der Waals surface area contributed by atoms with Crippen molar-refractivity contribution in [1.29, 1.82) is 0 Å². The number of anilines is 2. The van der Waals surface area contributed by atoms with Crippen LogP contribution in [0, 0.1) is 13.8 Å². The van der Waals surface area contributed by atoms with Crippen LogP contribution < -0.4 is 10.2 Å². The Labute approximate surface area is 175 Å². The summed E-state index contributed by atoms with van der Waals surface area (Å²) in [4.78, 5) is 26.6. The number of fused-ring (bicyclic) bond motifs is 1. The number of nitrogens with zero attached hydrogens (tertiary/aromatic N) is 3. The number of amides is 1. The van der Waals surface area contributed by atoms with E-state index in [1.807, 2.05) is 26.0 Å². The van der Waals surface area contributed by atoms with Gasteiger partial charge in [0.25, 0.3) is 5.91 Å². The highest BCUT2D eigenvalue weighted by Crippen LogP contribution is 2.40. The molecule has 29 heavy (non-hydrogen) atoms. The van der Waals surface area contributed by atoms with Gasteiger partial charge in [-0.25, -0.2) is 9.97 Å². The van der Waals surface area contributed by atoms with Crippen molar-refractivity contribution in [2.24, 2.45) is 0 Å². The number of aryl methyl sites for hydroxylation is 2. The highest BCUT2D eigenvalue weighted by molar-refractivity contribution is 7.20. The third-order valence-electron chi connectivity index (χ3n) is 5.96. The first-order valence-electron chi connectivity index (χ1n) is 10.5. The molecule has 0 radical (unpaired) electrons. The second-order valence-electron chi connectivity index (χ2n) is 8.23. The van der Waals surface area contributed by atoms with Gasteiger partial charge in [-0.2, -0.15) is 0 Å². The van der Waals surface area contributed by atoms with Crippen molar-refractivity contribution in [2.45, 2.75) is 51.9 Å². The minimum absolute atomic E-state index is 0.0614. The van der Waals surface area contributed by atoms with Gasteiger partial charge in [0.15, 0.2) is 0 Å². The molecule has 0 atom stereocenters. The van der Waals surface area contributed by atoms with E-state index in [0.29, 0.717) is 5.92 Å². The summed E-state index contributed by atoms with van der Waals surface area (Å²) < 4.78 is 0. The molecule has 3 aromatic rings. The van der Waals surface area contributed by atoms with E-state index in [1.54, 1.807) is 0 Å². The van der Waals surface area contributed by atoms with Gasteiger partial charge < -0.3 is 10.2 Å². The second kappa shape index (κ2) is 7.41. The zero-order chi connectivity index (χ0) is 20.0. The summed E-state index contributed by atoms with van der Waals surface area (Å²) in [5.74, 6) is 1.39. The van der Waals surface area contributed by atoms with E-state index < -0.39 is 0 Å². The van der Waals surface area contributed by atoms with Gasteiger partial charge in [-0.3, -0.25) is 4.79 Å². The van der Waals surface area contributed by atoms with E-state index in [9.17, 15) is 4.79 Å². The Bertz CT molecular complexity index is 1080. The van der Waals surface area contributed by atoms with Gasteiger partial charge in [0.1, 0.15) is 10.7 Å². The minimum atomic E-state index is -0.0614. The summed E-state index contributed by atoms with van der Waals surface area (Å²) in [6.07, 6.45) is 6.14. The molecular weight excluding hydrogens is 380 g/mol. The molecule has 2 fully saturated rings. The molecule has 2 aromatic heterocycles. The quantitative estimate of drug-likeness (QED) is 0.628. The summed E-state index contributed by atoms with van der Waals surface area (Å²) in [5.41, 5.74) is 3.99. The predicted octanol–water partition coefficient (Wildman–Crippen LogP) is 5.43. The van der Waals surface area contributed by atoms with Crippen LogP contribution in [0.5, 0.6) is 0 Å². The van der Waals surface area contributed by atoms with Crippen LogP contribution in [-0.2, 0) is 0 Å². The Kier molecular flexibility index (Phi) is 4.74. The first-order chi connectivity index (χ1) is 14.1. The molecule has 2 aliphatic rings. The van der Waals surface area contributed by atoms with Gasteiger partial charge in [-0.05, 0) is 69.7 Å². The average Bonchev–Trinajstić information content (AvgIpc) is 3.52. The van der Waals surface area contributed by atoms with E-state index in [1.165, 1.54) is 49.1 Å². The molecule has 1 saturated heterocycles. The molecule has 0 unspecified atom stereocenters. The molecule has 3 heterocycles. The van der Waals surface area contributed by atoms with Gasteiger partial charge in [-0.1, -0.05) is 6.07 Å². The van der Waals surface area contributed by atoms with Crippen LogP contribution in [0.15, 0.2) is 24.3 Å². The molecule has 1 N–H and O–H groups in total. The predicted molar refractivity (Wildman–Crippen MR) is 119 cm³/mol. The molecule has 5 nitrogen and oxygen atoms in total. The van der Waals surface area contributed by atoms with E-state index in [-0.39, 0.29) is 5.91 Å². The fraction of sp³-hybridized carbons (Fsp3) is 0.435. The lowest BCUT2D eigenvalue weighted by molar-refractivity contribution is 0.103. The summed E-state index contributed by atoms with van der Waals surface area (Å²) in [5, 5.41) is 4.14. The lowest BCUT2D eigenvalue weighted by atomic mass is 10.1. The number of hydrogen-bond acceptors (Lipinski definition) is 5. The lowest BCUT2D eigenvalue weighted by Crippen LogP contribution is -2.29. The molecule has 1 aliphatic carbocycles. The van der Waals surface area contributed by atoms with Gasteiger partial charge in [0.2, 0.25) is 0 Å². The maximum Gasteiger partial charge on any atom is 0.266 e. The van der Waals surface area contributed by atoms with Crippen LogP contribution in [0.1, 0.15) is 64.8 Å². The fourth-order valence-corrected chi connectivity index (χ4v) is 5.36. The number of aromatic nitrogens is 2. The number of piperidine rings is 1. The number of nitrogens with one attached hydrogen (secondary N) is 1. The van der Waals surface area contributed by atoms with Crippen molar-refractivity contribution in [1.82, 2.24) is 9.97 Å². The van der Waals surface area contributed by atoms with E-state index in [4.69, 9.17) is 9.97 Å². The van der Waals surface area contributed by atoms with Gasteiger partial charge in [-0.15, -0.1) is 11.3 Å². The molecule has 5 rings (SSSR count). The minimum Gasteiger partial charge on any atom is -0.371 e. The first-order valence-corrected chi connectivity index (χ1v) is 11.4. The molecule has 0 spiro atoms. The highest BCUT2D eigenvalue weighted by atomic mass is 32.1. The van der Waals surface area contributed by atoms with Crippen molar-refractivity contribution in [2.75, 3.05) is 23.3 Å². The molecule has 1 saturated carbocycles. The Balaban J connectivity index is 1.41. The lowest BCUT2D eigenvalue weighted by Gasteiger charge is -2.29. The number of rotatable bonds is 4. The van der Waals surface area contributed by atoms with Crippen molar-refractivity contribution in [3.63, 3.8) is 0 Å². The Hall–Kier alpha value is -2.47. The standard InChI is InChI=1S/C23H26N4OS/c1-14-19-15(2)24-21(16-9-10-16)26-23(19)29-20(14)22(28)25-17-7-6-8-18(13-17)27-11-4-3-5-12-27/h6-8,13,16H,3-5,9-12H2,1-2H3,(H,25,28). The van der Waals surface area contributed by atoms with Crippen molar-refractivity contribution in [3.05, 3.63) is 46.2 Å². The Morgan fingerprint density at radius 3 is 2.69 bits per heavy atom. The zero-order valence-electron chi connectivity index (χ0n) is 17.0. The largest absolute Gasteiger partial charge is 0.371 e. The van der Waals surface area contributed by atoms with Crippen LogP contribution in [0.4, 0.5) is 11.4 Å². The van der Waals surface area contributed by atoms with Crippen molar-refractivity contribution >= 4 is 38.8 Å². The second-order valence-corrected chi connectivity index (χ2v) is 9.23. The van der Waals surface area contributed by atoms with Crippen LogP contribution in [0.3, 0.4) is 0 Å². The number of benzene rings is 1. The van der Waals surface area contributed by atoms with Crippen LogP contribution in [0.2, 0.25) is 0 Å². The zero-order valence-corrected chi connectivity index (χ0v) is 17.8. The van der Waals surface area contributed by atoms with E-state index in [0.717, 1.165) is 51.0 Å². The number of thiophene rings is 1. The molecule has 0 bridgehead atoms. The normalized spacial score (nSPS) is 17.0. The third kappa shape index (κ3) is 3.62. The van der Waals surface area contributed by atoms with Gasteiger partial charge >= 0.3 is 0 Å². The van der Waals surface area contributed by atoms with E-state index in [2.05, 4.69) is 22.3 Å². The summed E-state index contributed by atoms with van der Waals surface area (Å²) in [6.45, 7) is 6.21. The molecule has 6 heteroatoms. The molecule has 1 aliphatic heterocycles. The third-order valence-corrected chi connectivity index (χ3v) is 7.15. The topological polar surface area (TPSA) is 58.1 Å². The first kappa shape index (κ1) is 18.6. The Morgan fingerprint density at radius 2 is 1.93 bits per heavy atom. The SMILES string of the molecule is Cc1nc(C2CC2)nc2sc(C(=O)Nc3cccc(N4CCCCC4)c3)c(C)c12. The van der Waals surface area contributed by atoms with Gasteiger partial charge in [0, 0.05) is 35.8 Å². The number of hydrogen-bond donors (Lipinski definition) is 1. The highest BCUT2D eigenvalue weighted by Gasteiger charge is 2.28. The monoisotopic (exact) mass is 406 g/mol. The summed E-state index contributed by atoms with van der Waals surface area (Å²) >= 11 is 1.48. The maximum absolute atomic E-state index is 13.1. The van der Waals surface area contributed by atoms with Crippen LogP contribution in [0.25, 0.3) is 10.2 Å². The van der Waals surface area contributed by atoms with Crippen molar-refractivity contribution < 1.29 is 4.79 Å². The fourth-order valence-electron chi connectivity index (χ4n) is 4.22. The molecule has 1 aromatic carbocycles. The number of carbonyl (C=O) groups excluding carboxylic acids is 1. The van der Waals surface area contributed by atoms with Crippen LogP contribution >= 0.6 is 11.3 Å². The molecule has 150 valence electrons. The summed E-state index contributed by atoms with van der Waals surface area (Å²) in [6, 6.07) is 8.20. The number of carbonyl (C=O) groups is 1. The maximum atomic E-state index is 13.1. The van der Waals surface area contributed by atoms with Crippen LogP contribution in [-0.4, -0.2) is 29.0 Å². The van der Waals surface area contributed by atoms with Gasteiger partial charge in [0.05, 0.1) is 10.6 Å².